The molecular formula is C21H20ClN3O. The first-order chi connectivity index (χ1) is 12.6. The fourth-order valence-electron chi connectivity index (χ4n) is 2.91. The van der Waals surface area contributed by atoms with E-state index >= 15 is 0 Å². The van der Waals surface area contributed by atoms with Gasteiger partial charge >= 0.3 is 0 Å². The molecule has 0 fully saturated rings. The summed E-state index contributed by atoms with van der Waals surface area (Å²) in [6, 6.07) is 19.6. The lowest BCUT2D eigenvalue weighted by Crippen LogP contribution is -2.28. The molecule has 0 bridgehead atoms. The monoisotopic (exact) mass is 365 g/mol. The molecule has 0 N–H and O–H groups in total. The first-order valence-electron chi connectivity index (χ1n) is 8.43. The van der Waals surface area contributed by atoms with Crippen LogP contribution in [0, 0.1) is 0 Å². The largest absolute Gasteiger partial charge is 0.340 e. The van der Waals surface area contributed by atoms with E-state index in [9.17, 15) is 4.79 Å². The Hall–Kier alpha value is -2.72. The van der Waals surface area contributed by atoms with Crippen LogP contribution in [0.3, 0.4) is 0 Å². The highest BCUT2D eigenvalue weighted by atomic mass is 35.5. The number of halogens is 1. The van der Waals surface area contributed by atoms with Crippen molar-refractivity contribution in [1.29, 1.82) is 0 Å². The average Bonchev–Trinajstić information content (AvgIpc) is 2.67. The maximum atomic E-state index is 12.8. The lowest BCUT2D eigenvalue weighted by Gasteiger charge is -2.22. The van der Waals surface area contributed by atoms with Crippen molar-refractivity contribution < 1.29 is 4.79 Å². The van der Waals surface area contributed by atoms with E-state index in [0.29, 0.717) is 18.0 Å². The second kappa shape index (κ2) is 8.59. The number of hydrogen-bond acceptors (Lipinski definition) is 3. The smallest absolute Gasteiger partial charge is 0.223 e. The van der Waals surface area contributed by atoms with E-state index in [-0.39, 0.29) is 11.8 Å². The minimum Gasteiger partial charge on any atom is -0.340 e. The van der Waals surface area contributed by atoms with E-state index < -0.39 is 0 Å². The second-order valence-electron chi connectivity index (χ2n) is 6.17. The van der Waals surface area contributed by atoms with Gasteiger partial charge < -0.3 is 4.90 Å². The van der Waals surface area contributed by atoms with Crippen LogP contribution in [0.2, 0.25) is 5.02 Å². The van der Waals surface area contributed by atoms with Gasteiger partial charge in [0.25, 0.3) is 0 Å². The van der Waals surface area contributed by atoms with Gasteiger partial charge in [-0.2, -0.15) is 0 Å². The number of aromatic nitrogens is 2. The van der Waals surface area contributed by atoms with Gasteiger partial charge in [0, 0.05) is 30.6 Å². The fourth-order valence-corrected chi connectivity index (χ4v) is 3.11. The Labute approximate surface area is 158 Å². The van der Waals surface area contributed by atoms with Crippen molar-refractivity contribution in [3.05, 3.63) is 95.0 Å². The van der Waals surface area contributed by atoms with E-state index in [1.165, 1.54) is 6.33 Å². The lowest BCUT2D eigenvalue weighted by atomic mass is 9.88. The molecule has 132 valence electrons. The number of amides is 1. The maximum absolute atomic E-state index is 12.8. The van der Waals surface area contributed by atoms with Crippen molar-refractivity contribution >= 4 is 17.5 Å². The molecule has 1 amide bonds. The molecule has 1 heterocycles. The van der Waals surface area contributed by atoms with Gasteiger partial charge in [0.05, 0.1) is 12.2 Å². The molecule has 0 aliphatic heterocycles. The van der Waals surface area contributed by atoms with Crippen LogP contribution >= 0.6 is 11.6 Å². The third kappa shape index (κ3) is 4.67. The number of nitrogens with zero attached hydrogens (tertiary/aromatic N) is 3. The summed E-state index contributed by atoms with van der Waals surface area (Å²) in [6.45, 7) is 0.457. The van der Waals surface area contributed by atoms with Gasteiger partial charge in [0.2, 0.25) is 5.91 Å². The van der Waals surface area contributed by atoms with Gasteiger partial charge in [-0.05, 0) is 29.3 Å². The minimum atomic E-state index is -0.0461. The van der Waals surface area contributed by atoms with Gasteiger partial charge in [-0.15, -0.1) is 0 Å². The van der Waals surface area contributed by atoms with Crippen LogP contribution in [0.25, 0.3) is 0 Å². The van der Waals surface area contributed by atoms with Gasteiger partial charge in [-0.3, -0.25) is 4.79 Å². The quantitative estimate of drug-likeness (QED) is 0.653. The molecule has 0 saturated carbocycles. The van der Waals surface area contributed by atoms with Gasteiger partial charge in [0.15, 0.2) is 0 Å². The zero-order chi connectivity index (χ0) is 18.4. The number of carbonyl (C=O) groups excluding carboxylic acids is 1. The third-order valence-corrected chi connectivity index (χ3v) is 4.53. The van der Waals surface area contributed by atoms with E-state index in [1.807, 2.05) is 60.7 Å². The summed E-state index contributed by atoms with van der Waals surface area (Å²) in [7, 11) is 1.80. The molecule has 0 unspecified atom stereocenters. The Morgan fingerprint density at radius 2 is 1.85 bits per heavy atom. The molecule has 0 aliphatic rings. The Morgan fingerprint density at radius 1 is 1.08 bits per heavy atom. The third-order valence-electron chi connectivity index (χ3n) is 4.30. The molecule has 3 aromatic rings. The number of hydrogen-bond donors (Lipinski definition) is 0. The van der Waals surface area contributed by atoms with Gasteiger partial charge in [0.1, 0.15) is 6.33 Å². The Morgan fingerprint density at radius 3 is 2.54 bits per heavy atom. The van der Waals surface area contributed by atoms with Crippen LogP contribution in [-0.2, 0) is 11.3 Å². The number of rotatable bonds is 6. The Bertz CT molecular complexity index is 855. The van der Waals surface area contributed by atoms with Crippen molar-refractivity contribution in [1.82, 2.24) is 14.9 Å². The van der Waals surface area contributed by atoms with Crippen molar-refractivity contribution in [3.63, 3.8) is 0 Å². The van der Waals surface area contributed by atoms with Gasteiger partial charge in [-0.1, -0.05) is 54.1 Å². The molecule has 26 heavy (non-hydrogen) atoms. The van der Waals surface area contributed by atoms with E-state index in [2.05, 4.69) is 9.97 Å². The molecule has 5 heteroatoms. The molecular weight excluding hydrogens is 346 g/mol. The van der Waals surface area contributed by atoms with E-state index in [4.69, 9.17) is 11.6 Å². The minimum absolute atomic E-state index is 0.0461. The highest BCUT2D eigenvalue weighted by molar-refractivity contribution is 6.30. The number of benzene rings is 2. The summed E-state index contributed by atoms with van der Waals surface area (Å²) < 4.78 is 0. The second-order valence-corrected chi connectivity index (χ2v) is 6.61. The molecule has 0 saturated heterocycles. The SMILES string of the molecule is CN(Cc1ccncn1)C(=O)C[C@H](c1ccccc1)c1cccc(Cl)c1. The Kier molecular flexibility index (Phi) is 5.97. The maximum Gasteiger partial charge on any atom is 0.223 e. The van der Waals surface area contributed by atoms with Crippen LogP contribution in [0.15, 0.2) is 73.2 Å². The zero-order valence-corrected chi connectivity index (χ0v) is 15.3. The predicted octanol–water partition coefficient (Wildman–Crippen LogP) is 4.31. The molecule has 1 aromatic heterocycles. The molecule has 3 rings (SSSR count). The summed E-state index contributed by atoms with van der Waals surface area (Å²) in [5, 5.41) is 0.672. The van der Waals surface area contributed by atoms with E-state index in [1.54, 1.807) is 18.1 Å². The van der Waals surface area contributed by atoms with Crippen LogP contribution in [0.4, 0.5) is 0 Å². The molecule has 0 spiro atoms. The Balaban J connectivity index is 1.80. The first-order valence-corrected chi connectivity index (χ1v) is 8.80. The normalized spacial score (nSPS) is 11.8. The standard InChI is InChI=1S/C21H20ClN3O/c1-25(14-19-10-11-23-15-24-19)21(26)13-20(16-6-3-2-4-7-16)17-8-5-9-18(22)12-17/h2-12,15,20H,13-14H2,1H3/t20-/m1/s1. The van der Waals surface area contributed by atoms with Crippen molar-refractivity contribution in [2.45, 2.75) is 18.9 Å². The van der Waals surface area contributed by atoms with Crippen LogP contribution in [-0.4, -0.2) is 27.8 Å². The average molecular weight is 366 g/mol. The lowest BCUT2D eigenvalue weighted by molar-refractivity contribution is -0.130. The molecule has 0 radical (unpaired) electrons. The van der Waals surface area contributed by atoms with Gasteiger partial charge in [-0.25, -0.2) is 9.97 Å². The summed E-state index contributed by atoms with van der Waals surface area (Å²) in [6.07, 6.45) is 3.54. The zero-order valence-electron chi connectivity index (χ0n) is 14.5. The van der Waals surface area contributed by atoms with Crippen molar-refractivity contribution in [3.8, 4) is 0 Å². The summed E-state index contributed by atoms with van der Waals surface area (Å²) in [4.78, 5) is 22.6. The highest BCUT2D eigenvalue weighted by Crippen LogP contribution is 2.30. The molecule has 2 aromatic carbocycles. The van der Waals surface area contributed by atoms with Crippen LogP contribution < -0.4 is 0 Å². The van der Waals surface area contributed by atoms with Crippen LogP contribution in [0.5, 0.6) is 0 Å². The predicted molar refractivity (Wildman–Crippen MR) is 103 cm³/mol. The molecule has 1 atom stereocenters. The molecule has 0 aliphatic carbocycles. The molecule has 4 nitrogen and oxygen atoms in total. The topological polar surface area (TPSA) is 46.1 Å². The summed E-state index contributed by atoms with van der Waals surface area (Å²) >= 11 is 6.17. The van der Waals surface area contributed by atoms with Crippen molar-refractivity contribution in [2.24, 2.45) is 0 Å². The fraction of sp³-hybridized carbons (Fsp3) is 0.190. The van der Waals surface area contributed by atoms with Crippen molar-refractivity contribution in [2.75, 3.05) is 7.05 Å². The highest BCUT2D eigenvalue weighted by Gasteiger charge is 2.21. The number of carbonyl (C=O) groups is 1. The summed E-state index contributed by atoms with van der Waals surface area (Å²) in [5.74, 6) is 0.00712. The van der Waals surface area contributed by atoms with E-state index in [0.717, 1.165) is 16.8 Å². The van der Waals surface area contributed by atoms with Crippen LogP contribution in [0.1, 0.15) is 29.2 Å². The first kappa shape index (κ1) is 18.1. The summed E-state index contributed by atoms with van der Waals surface area (Å²) in [5.41, 5.74) is 2.95.